The largest absolute Gasteiger partial charge is 0.465 e. The second-order valence-electron chi connectivity index (χ2n) is 9.02. The second-order valence-corrected chi connectivity index (χ2v) is 9.02. The van der Waals surface area contributed by atoms with Crippen LogP contribution in [-0.2, 0) is 11.3 Å². The van der Waals surface area contributed by atoms with Crippen LogP contribution in [0.5, 0.6) is 11.5 Å². The van der Waals surface area contributed by atoms with Crippen LogP contribution < -0.4 is 21.8 Å². The van der Waals surface area contributed by atoms with E-state index in [0.29, 0.717) is 33.5 Å². The first-order chi connectivity index (χ1) is 18.7. The Morgan fingerprint density at radius 2 is 1.51 bits per heavy atom. The molecule has 4 aromatic carbocycles. The number of amidine groups is 2. The van der Waals surface area contributed by atoms with Crippen molar-refractivity contribution in [3.8, 4) is 11.5 Å². The lowest BCUT2D eigenvalue weighted by Gasteiger charge is -2.15. The van der Waals surface area contributed by atoms with Crippen molar-refractivity contribution in [1.29, 1.82) is 10.8 Å². The molecule has 0 saturated heterocycles. The first kappa shape index (κ1) is 25.2. The van der Waals surface area contributed by atoms with Crippen LogP contribution in [-0.4, -0.2) is 29.3 Å². The number of esters is 1. The fraction of sp³-hybridized carbons (Fsp3) is 0.0667. The molecule has 194 valence electrons. The van der Waals surface area contributed by atoms with Gasteiger partial charge in [0.25, 0.3) is 5.56 Å². The molecular formula is C30H25N5O4. The predicted octanol–water partition coefficient (Wildman–Crippen LogP) is 4.35. The number of nitrogens with two attached hydrogens (primary N) is 2. The number of benzene rings is 4. The Morgan fingerprint density at radius 3 is 2.26 bits per heavy atom. The van der Waals surface area contributed by atoms with Crippen LogP contribution >= 0.6 is 0 Å². The molecule has 1 heterocycles. The Labute approximate surface area is 223 Å². The lowest BCUT2D eigenvalue weighted by molar-refractivity contribution is 0.0598. The summed E-state index contributed by atoms with van der Waals surface area (Å²) in [5.74, 6) is 0.135. The summed E-state index contributed by atoms with van der Waals surface area (Å²) in [7, 11) is 1.23. The van der Waals surface area contributed by atoms with Gasteiger partial charge in [-0.05, 0) is 64.9 Å². The van der Waals surface area contributed by atoms with Crippen LogP contribution in [0.25, 0.3) is 21.7 Å². The number of ether oxygens (including phenoxy) is 2. The van der Waals surface area contributed by atoms with Gasteiger partial charge in [0.15, 0.2) is 0 Å². The highest BCUT2D eigenvalue weighted by Gasteiger charge is 2.17. The number of nitrogens with zero attached hydrogens (tertiary/aromatic N) is 1. The number of hydrogen-bond donors (Lipinski definition) is 4. The zero-order chi connectivity index (χ0) is 27.7. The Morgan fingerprint density at radius 1 is 0.795 bits per heavy atom. The first-order valence-electron chi connectivity index (χ1n) is 12.0. The Kier molecular flexibility index (Phi) is 6.56. The maximum Gasteiger partial charge on any atom is 0.343 e. The summed E-state index contributed by atoms with van der Waals surface area (Å²) in [6.07, 6.45) is 0. The van der Waals surface area contributed by atoms with Crippen LogP contribution in [0.3, 0.4) is 0 Å². The molecule has 0 bridgehead atoms. The lowest BCUT2D eigenvalue weighted by atomic mass is 10.0. The minimum Gasteiger partial charge on any atom is -0.465 e. The lowest BCUT2D eigenvalue weighted by Crippen LogP contribution is -2.27. The van der Waals surface area contributed by atoms with Gasteiger partial charge in [-0.3, -0.25) is 15.6 Å². The molecule has 5 rings (SSSR count). The van der Waals surface area contributed by atoms with Gasteiger partial charge < -0.3 is 25.5 Å². The molecule has 0 aliphatic rings. The van der Waals surface area contributed by atoms with E-state index in [1.807, 2.05) is 30.3 Å². The number of rotatable bonds is 7. The van der Waals surface area contributed by atoms with Gasteiger partial charge >= 0.3 is 5.97 Å². The molecule has 0 atom stereocenters. The van der Waals surface area contributed by atoms with Gasteiger partial charge in [-0.1, -0.05) is 36.4 Å². The third-order valence-corrected chi connectivity index (χ3v) is 6.41. The molecule has 9 nitrogen and oxygen atoms in total. The van der Waals surface area contributed by atoms with E-state index in [9.17, 15) is 9.59 Å². The number of carbonyl (C=O) groups is 1. The van der Waals surface area contributed by atoms with Crippen molar-refractivity contribution < 1.29 is 14.3 Å². The smallest absolute Gasteiger partial charge is 0.343 e. The van der Waals surface area contributed by atoms with E-state index in [1.165, 1.54) is 17.7 Å². The van der Waals surface area contributed by atoms with E-state index in [1.54, 1.807) is 48.5 Å². The summed E-state index contributed by atoms with van der Waals surface area (Å²) in [6.45, 7) is 0.196. The molecule has 6 N–H and O–H groups in total. The molecule has 1 aromatic heterocycles. The SMILES string of the molecule is COC(=O)c1cc2cc(Oc3cccc(C(=N)N)c3)ccc2n(Cc2ccc3ccc(C(=N)N)cc3c2)c1=O. The normalized spacial score (nSPS) is 10.9. The molecule has 0 fully saturated rings. The summed E-state index contributed by atoms with van der Waals surface area (Å²) >= 11 is 0. The molecule has 0 spiro atoms. The summed E-state index contributed by atoms with van der Waals surface area (Å²) in [4.78, 5) is 25.9. The van der Waals surface area contributed by atoms with E-state index in [4.69, 9.17) is 31.8 Å². The van der Waals surface area contributed by atoms with Gasteiger partial charge in [-0.15, -0.1) is 0 Å². The fourth-order valence-electron chi connectivity index (χ4n) is 4.45. The van der Waals surface area contributed by atoms with Crippen molar-refractivity contribution >= 4 is 39.3 Å². The first-order valence-corrected chi connectivity index (χ1v) is 12.0. The summed E-state index contributed by atoms with van der Waals surface area (Å²) in [5.41, 5.74) is 13.2. The molecular weight excluding hydrogens is 494 g/mol. The molecule has 0 aliphatic carbocycles. The third-order valence-electron chi connectivity index (χ3n) is 6.41. The molecule has 0 unspecified atom stereocenters. The van der Waals surface area contributed by atoms with Crippen molar-refractivity contribution in [2.75, 3.05) is 7.11 Å². The number of nitrogen functional groups attached to an aromatic ring is 2. The van der Waals surface area contributed by atoms with Crippen molar-refractivity contribution in [2.24, 2.45) is 11.5 Å². The number of nitrogens with one attached hydrogen (secondary N) is 2. The quantitative estimate of drug-likeness (QED) is 0.142. The van der Waals surface area contributed by atoms with E-state index in [0.717, 1.165) is 16.3 Å². The minimum absolute atomic E-state index is 0.0265. The van der Waals surface area contributed by atoms with Crippen molar-refractivity contribution in [2.45, 2.75) is 6.54 Å². The number of aromatic nitrogens is 1. The number of carbonyl (C=O) groups excluding carboxylic acids is 1. The number of fused-ring (bicyclic) bond motifs is 2. The van der Waals surface area contributed by atoms with Crippen LogP contribution in [0.15, 0.2) is 89.7 Å². The highest BCUT2D eigenvalue weighted by Crippen LogP contribution is 2.27. The average molecular weight is 520 g/mol. The fourth-order valence-corrected chi connectivity index (χ4v) is 4.45. The summed E-state index contributed by atoms with van der Waals surface area (Å²) in [6, 6.07) is 24.9. The van der Waals surface area contributed by atoms with Crippen molar-refractivity contribution in [3.63, 3.8) is 0 Å². The van der Waals surface area contributed by atoms with Crippen molar-refractivity contribution in [3.05, 3.63) is 118 Å². The second kappa shape index (κ2) is 10.1. The van der Waals surface area contributed by atoms with Gasteiger partial charge in [0, 0.05) is 16.5 Å². The third kappa shape index (κ3) is 5.05. The maximum atomic E-state index is 13.4. The highest BCUT2D eigenvalue weighted by molar-refractivity contribution is 5.99. The zero-order valence-electron chi connectivity index (χ0n) is 21.0. The molecule has 0 saturated carbocycles. The highest BCUT2D eigenvalue weighted by atomic mass is 16.5. The monoisotopic (exact) mass is 519 g/mol. The van der Waals surface area contributed by atoms with E-state index in [2.05, 4.69) is 0 Å². The van der Waals surface area contributed by atoms with Gasteiger partial charge in [0.2, 0.25) is 0 Å². The maximum absolute atomic E-state index is 13.4. The van der Waals surface area contributed by atoms with Gasteiger partial charge in [-0.2, -0.15) is 0 Å². The Bertz CT molecular complexity index is 1860. The number of pyridine rings is 1. The number of methoxy groups -OCH3 is 1. The van der Waals surface area contributed by atoms with Crippen molar-refractivity contribution in [1.82, 2.24) is 4.57 Å². The van der Waals surface area contributed by atoms with Gasteiger partial charge in [0.05, 0.1) is 19.2 Å². The van der Waals surface area contributed by atoms with E-state index >= 15 is 0 Å². The van der Waals surface area contributed by atoms with Gasteiger partial charge in [-0.25, -0.2) is 4.79 Å². The van der Waals surface area contributed by atoms with E-state index < -0.39 is 11.5 Å². The Hall–Kier alpha value is -5.44. The molecule has 0 aliphatic heterocycles. The van der Waals surface area contributed by atoms with Crippen LogP contribution in [0, 0.1) is 10.8 Å². The van der Waals surface area contributed by atoms with E-state index in [-0.39, 0.29) is 23.8 Å². The van der Waals surface area contributed by atoms with Gasteiger partial charge in [0.1, 0.15) is 28.7 Å². The molecule has 0 amide bonds. The summed E-state index contributed by atoms with van der Waals surface area (Å²) < 4.78 is 12.4. The predicted molar refractivity (Wildman–Crippen MR) is 151 cm³/mol. The van der Waals surface area contributed by atoms with Crippen LogP contribution in [0.1, 0.15) is 27.0 Å². The molecule has 9 heteroatoms. The topological polar surface area (TPSA) is 157 Å². The summed E-state index contributed by atoms with van der Waals surface area (Å²) in [5, 5.41) is 17.8. The number of hydrogen-bond acceptors (Lipinski definition) is 6. The molecule has 39 heavy (non-hydrogen) atoms. The molecule has 0 radical (unpaired) electrons. The zero-order valence-corrected chi connectivity index (χ0v) is 21.0. The van der Waals surface area contributed by atoms with Crippen LogP contribution in [0.4, 0.5) is 0 Å². The minimum atomic E-state index is -0.735. The standard InChI is InChI=1S/C30H25N5O4/c1-38-30(37)25-15-22-14-24(39-23-4-2-3-19(13-23)27(31)32)9-10-26(22)35(29(25)36)16-17-5-6-18-7-8-20(28(33)34)12-21(18)11-17/h2-15H,16H2,1H3,(H3,31,32)(H3,33,34). The van der Waals surface area contributed by atoms with Crippen LogP contribution in [0.2, 0.25) is 0 Å². The Balaban J connectivity index is 1.59. The average Bonchev–Trinajstić information content (AvgIpc) is 2.93. The molecule has 5 aromatic rings.